The molecule has 150 valence electrons. The van der Waals surface area contributed by atoms with Crippen LogP contribution in [-0.2, 0) is 13.0 Å². The molecule has 0 aliphatic heterocycles. The Morgan fingerprint density at radius 1 is 0.966 bits per heavy atom. The van der Waals surface area contributed by atoms with Crippen molar-refractivity contribution in [3.8, 4) is 11.5 Å². The van der Waals surface area contributed by atoms with E-state index in [1.807, 2.05) is 35.3 Å². The second kappa shape index (κ2) is 10.2. The lowest BCUT2D eigenvalue weighted by Gasteiger charge is -2.23. The minimum absolute atomic E-state index is 0.195. The molecule has 3 aromatic rings. The number of carbonyl (C=O) groups is 1. The Morgan fingerprint density at radius 2 is 1.76 bits per heavy atom. The number of benzene rings is 1. The van der Waals surface area contributed by atoms with E-state index in [2.05, 4.69) is 15.4 Å². The molecule has 1 N–H and O–H groups in total. The van der Waals surface area contributed by atoms with Crippen molar-refractivity contribution in [1.29, 1.82) is 0 Å². The van der Waals surface area contributed by atoms with Crippen molar-refractivity contribution in [3.63, 3.8) is 0 Å². The van der Waals surface area contributed by atoms with Crippen LogP contribution in [0.1, 0.15) is 21.5 Å². The number of hydrazine groups is 1. The van der Waals surface area contributed by atoms with E-state index in [-0.39, 0.29) is 5.91 Å². The predicted molar refractivity (Wildman–Crippen MR) is 110 cm³/mol. The van der Waals surface area contributed by atoms with Gasteiger partial charge in [-0.15, -0.1) is 0 Å². The number of amides is 1. The van der Waals surface area contributed by atoms with Gasteiger partial charge in [-0.3, -0.25) is 20.2 Å². The fraction of sp³-hybridized carbons (Fsp3) is 0.227. The molecule has 29 heavy (non-hydrogen) atoms. The molecule has 7 heteroatoms. The van der Waals surface area contributed by atoms with Crippen molar-refractivity contribution in [3.05, 3.63) is 83.9 Å². The topological polar surface area (TPSA) is 76.6 Å². The lowest BCUT2D eigenvalue weighted by molar-refractivity contribution is 0.0776. The van der Waals surface area contributed by atoms with Crippen molar-refractivity contribution in [2.24, 2.45) is 0 Å². The van der Waals surface area contributed by atoms with Crippen molar-refractivity contribution >= 4 is 5.91 Å². The number of hydrogen-bond acceptors (Lipinski definition) is 6. The standard InChI is InChI=1S/C22H24N4O3/c1-28-20-6-5-17(14-21(20)29-2)9-13-26(16-18-7-11-23-12-8-18)25-22(27)19-4-3-10-24-15-19/h3-8,10-12,14-15H,9,13,16H2,1-2H3,(H,25,27). The van der Waals surface area contributed by atoms with Gasteiger partial charge in [0.1, 0.15) is 0 Å². The number of rotatable bonds is 9. The smallest absolute Gasteiger partial charge is 0.267 e. The summed E-state index contributed by atoms with van der Waals surface area (Å²) in [5, 5.41) is 1.89. The molecule has 0 bridgehead atoms. The third-order valence-corrected chi connectivity index (χ3v) is 4.42. The summed E-state index contributed by atoms with van der Waals surface area (Å²) in [6.45, 7) is 1.17. The van der Waals surface area contributed by atoms with Crippen molar-refractivity contribution in [2.45, 2.75) is 13.0 Å². The van der Waals surface area contributed by atoms with E-state index < -0.39 is 0 Å². The van der Waals surface area contributed by atoms with Crippen LogP contribution in [0.5, 0.6) is 11.5 Å². The number of methoxy groups -OCH3 is 2. The van der Waals surface area contributed by atoms with Crippen LogP contribution in [0.2, 0.25) is 0 Å². The summed E-state index contributed by atoms with van der Waals surface area (Å²) in [4.78, 5) is 20.7. The molecule has 3 rings (SSSR count). The maximum Gasteiger partial charge on any atom is 0.267 e. The van der Waals surface area contributed by atoms with Crippen molar-refractivity contribution in [2.75, 3.05) is 20.8 Å². The maximum atomic E-state index is 12.6. The van der Waals surface area contributed by atoms with Gasteiger partial charge in [-0.2, -0.15) is 0 Å². The second-order valence-electron chi connectivity index (χ2n) is 6.40. The molecule has 7 nitrogen and oxygen atoms in total. The van der Waals surface area contributed by atoms with Gasteiger partial charge in [-0.25, -0.2) is 5.01 Å². The molecule has 0 spiro atoms. The van der Waals surface area contributed by atoms with Gasteiger partial charge >= 0.3 is 0 Å². The Labute approximate surface area is 170 Å². The highest BCUT2D eigenvalue weighted by Gasteiger charge is 2.13. The van der Waals surface area contributed by atoms with Gasteiger partial charge < -0.3 is 9.47 Å². The highest BCUT2D eigenvalue weighted by molar-refractivity contribution is 5.93. The lowest BCUT2D eigenvalue weighted by atomic mass is 10.1. The molecule has 0 aliphatic rings. The molecule has 2 aromatic heterocycles. The first-order valence-electron chi connectivity index (χ1n) is 9.25. The van der Waals surface area contributed by atoms with Gasteiger partial charge in [0.25, 0.3) is 5.91 Å². The zero-order valence-electron chi connectivity index (χ0n) is 16.5. The Morgan fingerprint density at radius 3 is 2.45 bits per heavy atom. The van der Waals surface area contributed by atoms with E-state index in [1.54, 1.807) is 51.1 Å². The summed E-state index contributed by atoms with van der Waals surface area (Å²) >= 11 is 0. The quantitative estimate of drug-likeness (QED) is 0.565. The predicted octanol–water partition coefficient (Wildman–Crippen LogP) is 2.88. The van der Waals surface area contributed by atoms with E-state index in [1.165, 1.54) is 0 Å². The monoisotopic (exact) mass is 392 g/mol. The molecule has 0 saturated carbocycles. The van der Waals surface area contributed by atoms with Crippen LogP contribution in [-0.4, -0.2) is 41.6 Å². The largest absolute Gasteiger partial charge is 0.493 e. The Balaban J connectivity index is 1.71. The number of hydrogen-bond donors (Lipinski definition) is 1. The summed E-state index contributed by atoms with van der Waals surface area (Å²) in [7, 11) is 3.23. The Kier molecular flexibility index (Phi) is 7.13. The summed E-state index contributed by atoms with van der Waals surface area (Å²) < 4.78 is 10.7. The third-order valence-electron chi connectivity index (χ3n) is 4.42. The first kappa shape index (κ1) is 20.3. The molecule has 0 atom stereocenters. The van der Waals surface area contributed by atoms with E-state index in [0.717, 1.165) is 17.5 Å². The maximum absolute atomic E-state index is 12.6. The average molecular weight is 392 g/mol. The summed E-state index contributed by atoms with van der Waals surface area (Å²) in [5.74, 6) is 1.18. The fourth-order valence-corrected chi connectivity index (χ4v) is 2.89. The Hall–Kier alpha value is -3.45. The molecule has 0 saturated heterocycles. The minimum Gasteiger partial charge on any atom is -0.493 e. The number of nitrogens with one attached hydrogen (secondary N) is 1. The molecule has 0 fully saturated rings. The minimum atomic E-state index is -0.195. The van der Waals surface area contributed by atoms with Crippen LogP contribution in [0.25, 0.3) is 0 Å². The van der Waals surface area contributed by atoms with Gasteiger partial charge in [0.2, 0.25) is 0 Å². The van der Waals surface area contributed by atoms with Crippen molar-refractivity contribution in [1.82, 2.24) is 20.4 Å². The normalized spacial score (nSPS) is 10.6. The highest BCUT2D eigenvalue weighted by atomic mass is 16.5. The van der Waals surface area contributed by atoms with Crippen molar-refractivity contribution < 1.29 is 14.3 Å². The fourth-order valence-electron chi connectivity index (χ4n) is 2.89. The molecule has 0 unspecified atom stereocenters. The molecule has 0 radical (unpaired) electrons. The van der Waals surface area contributed by atoms with E-state index in [9.17, 15) is 4.79 Å². The number of carbonyl (C=O) groups excluding carboxylic acids is 1. The average Bonchev–Trinajstić information content (AvgIpc) is 2.78. The SMILES string of the molecule is COc1ccc(CCN(Cc2ccncc2)NC(=O)c2cccnc2)cc1OC. The molecular formula is C22H24N4O3. The third kappa shape index (κ3) is 5.76. The van der Waals surface area contributed by atoms with Crippen LogP contribution in [0, 0.1) is 0 Å². The first-order valence-corrected chi connectivity index (χ1v) is 9.25. The van der Waals surface area contributed by atoms with Crippen LogP contribution in [0.15, 0.2) is 67.3 Å². The van der Waals surface area contributed by atoms with Crippen LogP contribution < -0.4 is 14.9 Å². The molecule has 2 heterocycles. The van der Waals surface area contributed by atoms with Gasteiger partial charge in [-0.05, 0) is 53.9 Å². The van der Waals surface area contributed by atoms with Gasteiger partial charge in [0.15, 0.2) is 11.5 Å². The zero-order valence-corrected chi connectivity index (χ0v) is 16.5. The number of nitrogens with zero attached hydrogens (tertiary/aromatic N) is 3. The number of ether oxygens (including phenoxy) is 2. The highest BCUT2D eigenvalue weighted by Crippen LogP contribution is 2.27. The summed E-state index contributed by atoms with van der Waals surface area (Å²) in [6, 6.07) is 13.2. The van der Waals surface area contributed by atoms with E-state index in [4.69, 9.17) is 9.47 Å². The molecule has 1 aromatic carbocycles. The Bertz CT molecular complexity index is 920. The van der Waals surface area contributed by atoms with Crippen LogP contribution in [0.4, 0.5) is 0 Å². The zero-order chi connectivity index (χ0) is 20.5. The number of aromatic nitrogens is 2. The summed E-state index contributed by atoms with van der Waals surface area (Å²) in [6.07, 6.45) is 7.39. The molecule has 1 amide bonds. The molecular weight excluding hydrogens is 368 g/mol. The first-order chi connectivity index (χ1) is 14.2. The van der Waals surface area contributed by atoms with Gasteiger partial charge in [0, 0.05) is 37.9 Å². The van der Waals surface area contributed by atoms with Gasteiger partial charge in [-0.1, -0.05) is 6.07 Å². The lowest BCUT2D eigenvalue weighted by Crippen LogP contribution is -2.42. The van der Waals surface area contributed by atoms with E-state index >= 15 is 0 Å². The van der Waals surface area contributed by atoms with E-state index in [0.29, 0.717) is 30.2 Å². The van der Waals surface area contributed by atoms with Gasteiger partial charge in [0.05, 0.1) is 19.8 Å². The van der Waals surface area contributed by atoms with Crippen LogP contribution >= 0.6 is 0 Å². The second-order valence-corrected chi connectivity index (χ2v) is 6.40. The van der Waals surface area contributed by atoms with Crippen LogP contribution in [0.3, 0.4) is 0 Å². The number of pyridine rings is 2. The molecule has 0 aliphatic carbocycles. The summed E-state index contributed by atoms with van der Waals surface area (Å²) in [5.41, 5.74) is 5.63.